The van der Waals surface area contributed by atoms with Crippen molar-refractivity contribution in [1.29, 1.82) is 0 Å². The van der Waals surface area contributed by atoms with Crippen LogP contribution in [0.2, 0.25) is 0 Å². The third kappa shape index (κ3) is 3.71. The van der Waals surface area contributed by atoms with Gasteiger partial charge in [0.2, 0.25) is 5.95 Å². The second-order valence-corrected chi connectivity index (χ2v) is 7.84. The van der Waals surface area contributed by atoms with Crippen molar-refractivity contribution in [3.05, 3.63) is 60.4 Å². The Balaban J connectivity index is 1.35. The minimum Gasteiger partial charge on any atom is -0.485 e. The van der Waals surface area contributed by atoms with E-state index in [0.29, 0.717) is 11.9 Å². The molecule has 2 aliphatic heterocycles. The van der Waals surface area contributed by atoms with Crippen LogP contribution in [0, 0.1) is 12.8 Å². The van der Waals surface area contributed by atoms with Crippen molar-refractivity contribution in [2.45, 2.75) is 18.9 Å². The van der Waals surface area contributed by atoms with E-state index in [9.17, 15) is 0 Å². The molecular formula is C22H25N5O2. The van der Waals surface area contributed by atoms with Gasteiger partial charge < -0.3 is 20.1 Å². The predicted octanol–water partition coefficient (Wildman–Crippen LogP) is 3.08. The van der Waals surface area contributed by atoms with E-state index >= 15 is 0 Å². The zero-order chi connectivity index (χ0) is 19.7. The Labute approximate surface area is 170 Å². The number of aromatic nitrogens is 3. The zero-order valence-electron chi connectivity index (χ0n) is 16.5. The summed E-state index contributed by atoms with van der Waals surface area (Å²) < 4.78 is 13.8. The zero-order valence-corrected chi connectivity index (χ0v) is 16.5. The Hall–Kier alpha value is -2.90. The molecule has 0 aliphatic carbocycles. The molecule has 3 aromatic rings. The molecule has 2 aliphatic rings. The highest BCUT2D eigenvalue weighted by atomic mass is 16.5. The first-order valence-corrected chi connectivity index (χ1v) is 10.0. The third-order valence-electron chi connectivity index (χ3n) is 5.67. The van der Waals surface area contributed by atoms with Crippen molar-refractivity contribution >= 4 is 11.6 Å². The first-order valence-electron chi connectivity index (χ1n) is 10.0. The number of hydrogen-bond donors (Lipinski definition) is 2. The van der Waals surface area contributed by atoms with Gasteiger partial charge in [-0.2, -0.15) is 4.98 Å². The Bertz CT molecular complexity index is 978. The summed E-state index contributed by atoms with van der Waals surface area (Å²) in [4.78, 5) is 4.39. The van der Waals surface area contributed by atoms with Gasteiger partial charge in [-0.05, 0) is 43.3 Å². The van der Waals surface area contributed by atoms with E-state index in [1.54, 1.807) is 11.0 Å². The molecule has 2 fully saturated rings. The number of anilines is 2. The molecule has 5 rings (SSSR count). The lowest BCUT2D eigenvalue weighted by Crippen LogP contribution is -2.54. The first-order chi connectivity index (χ1) is 14.2. The summed E-state index contributed by atoms with van der Waals surface area (Å²) in [6, 6.07) is 16.1. The number of benzene rings is 2. The van der Waals surface area contributed by atoms with Crippen molar-refractivity contribution in [2.24, 2.45) is 5.92 Å². The summed E-state index contributed by atoms with van der Waals surface area (Å²) in [7, 11) is 0. The molecule has 0 saturated carbocycles. The molecule has 2 saturated heterocycles. The summed E-state index contributed by atoms with van der Waals surface area (Å²) in [6.45, 7) is 5.47. The van der Waals surface area contributed by atoms with Crippen LogP contribution in [0.1, 0.15) is 12.0 Å². The fourth-order valence-electron chi connectivity index (χ4n) is 4.02. The van der Waals surface area contributed by atoms with Gasteiger partial charge in [-0.15, -0.1) is 5.10 Å². The van der Waals surface area contributed by atoms with E-state index < -0.39 is 0 Å². The smallest absolute Gasteiger partial charge is 0.246 e. The molecule has 7 heteroatoms. The molecule has 0 unspecified atom stereocenters. The summed E-state index contributed by atoms with van der Waals surface area (Å²) in [6.07, 6.45) is 2.71. The first kappa shape index (κ1) is 18.1. The minimum absolute atomic E-state index is 0.184. The van der Waals surface area contributed by atoms with E-state index in [2.05, 4.69) is 39.8 Å². The fraction of sp³-hybridized carbons (Fsp3) is 0.364. The summed E-state index contributed by atoms with van der Waals surface area (Å²) in [5.41, 5.74) is 2.83. The van der Waals surface area contributed by atoms with Crippen molar-refractivity contribution < 1.29 is 9.47 Å². The van der Waals surface area contributed by atoms with E-state index in [0.717, 1.165) is 55.4 Å². The Morgan fingerprint density at radius 3 is 2.79 bits per heavy atom. The van der Waals surface area contributed by atoms with Gasteiger partial charge in [-0.3, -0.25) is 0 Å². The van der Waals surface area contributed by atoms with Gasteiger partial charge in [0.05, 0.1) is 18.9 Å². The molecule has 0 radical (unpaired) electrons. The SMILES string of the molecule is Cc1cc(Nc2ncn(-c3ccccc3)n2)cc(O[C@@]2(C3COC3)CCNC2)c1. The molecule has 2 N–H and O–H groups in total. The molecule has 0 bridgehead atoms. The van der Waals surface area contributed by atoms with Crippen LogP contribution in [0.5, 0.6) is 5.75 Å². The second kappa shape index (κ2) is 7.50. The van der Waals surface area contributed by atoms with Gasteiger partial charge in [0, 0.05) is 30.6 Å². The molecule has 1 aromatic heterocycles. The maximum atomic E-state index is 6.57. The Morgan fingerprint density at radius 2 is 2.07 bits per heavy atom. The van der Waals surface area contributed by atoms with Gasteiger partial charge in [0.25, 0.3) is 0 Å². The molecule has 0 amide bonds. The number of aryl methyl sites for hydroxylation is 1. The molecule has 3 heterocycles. The van der Waals surface area contributed by atoms with Crippen LogP contribution in [0.3, 0.4) is 0 Å². The highest BCUT2D eigenvalue weighted by Gasteiger charge is 2.47. The van der Waals surface area contributed by atoms with Crippen molar-refractivity contribution in [3.63, 3.8) is 0 Å². The number of ether oxygens (including phenoxy) is 2. The Morgan fingerprint density at radius 1 is 1.21 bits per heavy atom. The average molecular weight is 391 g/mol. The van der Waals surface area contributed by atoms with E-state index in [4.69, 9.17) is 9.47 Å². The molecular weight excluding hydrogens is 366 g/mol. The normalized spacial score (nSPS) is 21.7. The number of nitrogens with one attached hydrogen (secondary N) is 2. The van der Waals surface area contributed by atoms with Crippen molar-refractivity contribution in [3.8, 4) is 11.4 Å². The lowest BCUT2D eigenvalue weighted by molar-refractivity contribution is -0.125. The number of rotatable bonds is 6. The van der Waals surface area contributed by atoms with E-state index in [1.807, 2.05) is 36.4 Å². The van der Waals surface area contributed by atoms with Crippen molar-refractivity contribution in [1.82, 2.24) is 20.1 Å². The topological polar surface area (TPSA) is 73.2 Å². The maximum Gasteiger partial charge on any atom is 0.246 e. The van der Waals surface area contributed by atoms with Gasteiger partial charge in [-0.1, -0.05) is 18.2 Å². The molecule has 0 spiro atoms. The largest absolute Gasteiger partial charge is 0.485 e. The number of para-hydroxylation sites is 1. The molecule has 7 nitrogen and oxygen atoms in total. The molecule has 150 valence electrons. The van der Waals surface area contributed by atoms with E-state index in [1.165, 1.54) is 0 Å². The number of nitrogens with zero attached hydrogens (tertiary/aromatic N) is 3. The second-order valence-electron chi connectivity index (χ2n) is 7.84. The third-order valence-corrected chi connectivity index (χ3v) is 5.67. The molecule has 29 heavy (non-hydrogen) atoms. The van der Waals surface area contributed by atoms with Crippen LogP contribution in [-0.2, 0) is 4.74 Å². The highest BCUT2D eigenvalue weighted by Crippen LogP contribution is 2.36. The van der Waals surface area contributed by atoms with Crippen LogP contribution >= 0.6 is 0 Å². The summed E-state index contributed by atoms with van der Waals surface area (Å²) in [5, 5.41) is 11.3. The average Bonchev–Trinajstić information content (AvgIpc) is 3.31. The monoisotopic (exact) mass is 391 g/mol. The fourth-order valence-corrected chi connectivity index (χ4v) is 4.02. The van der Waals surface area contributed by atoms with Crippen LogP contribution in [0.25, 0.3) is 5.69 Å². The predicted molar refractivity (Wildman–Crippen MR) is 111 cm³/mol. The lowest BCUT2D eigenvalue weighted by Gasteiger charge is -2.42. The highest BCUT2D eigenvalue weighted by molar-refractivity contribution is 5.57. The van der Waals surface area contributed by atoms with Crippen LogP contribution in [-0.4, -0.2) is 46.7 Å². The van der Waals surface area contributed by atoms with Crippen LogP contribution in [0.15, 0.2) is 54.9 Å². The quantitative estimate of drug-likeness (QED) is 0.673. The lowest BCUT2D eigenvalue weighted by atomic mass is 9.84. The standard InChI is InChI=1S/C22H25N5O2/c1-16-9-18(25-21-24-15-27(26-21)19-5-3-2-4-6-19)11-20(10-16)29-22(7-8-23-14-22)17-12-28-13-17/h2-6,9-11,15,17,23H,7-8,12-14H2,1H3,(H,25,26)/t22-/m0/s1. The van der Waals surface area contributed by atoms with Gasteiger partial charge in [0.1, 0.15) is 17.7 Å². The number of hydrogen-bond acceptors (Lipinski definition) is 6. The van der Waals surface area contributed by atoms with Gasteiger partial charge >= 0.3 is 0 Å². The maximum absolute atomic E-state index is 6.57. The van der Waals surface area contributed by atoms with Gasteiger partial charge in [0.15, 0.2) is 0 Å². The summed E-state index contributed by atoms with van der Waals surface area (Å²) >= 11 is 0. The minimum atomic E-state index is -0.184. The molecule has 1 atom stereocenters. The van der Waals surface area contributed by atoms with Crippen LogP contribution in [0.4, 0.5) is 11.6 Å². The molecule has 2 aromatic carbocycles. The van der Waals surface area contributed by atoms with Crippen LogP contribution < -0.4 is 15.4 Å². The Kier molecular flexibility index (Phi) is 4.69. The van der Waals surface area contributed by atoms with Gasteiger partial charge in [-0.25, -0.2) is 4.68 Å². The van der Waals surface area contributed by atoms with Crippen molar-refractivity contribution in [2.75, 3.05) is 31.6 Å². The van der Waals surface area contributed by atoms with E-state index in [-0.39, 0.29) is 5.60 Å². The summed E-state index contributed by atoms with van der Waals surface area (Å²) in [5.74, 6) is 1.86.